The van der Waals surface area contributed by atoms with E-state index in [1.807, 2.05) is 0 Å². The number of nitrogens with zero attached hydrogens (tertiary/aromatic N) is 1. The van der Waals surface area contributed by atoms with Crippen LogP contribution in [-0.2, 0) is 0 Å². The molecule has 1 atom stereocenters. The SMILES string of the molecule is NCC(c1cccc(Br)c1)N1C2CC3CC(C2)CC1C3. The maximum absolute atomic E-state index is 6.18. The highest BCUT2D eigenvalue weighted by Crippen LogP contribution is 2.51. The molecule has 20 heavy (non-hydrogen) atoms. The molecule has 5 rings (SSSR count). The van der Waals surface area contributed by atoms with Gasteiger partial charge in [-0.2, -0.15) is 0 Å². The average Bonchev–Trinajstić information content (AvgIpc) is 2.42. The summed E-state index contributed by atoms with van der Waals surface area (Å²) in [5.74, 6) is 2.02. The van der Waals surface area contributed by atoms with Crippen molar-refractivity contribution in [3.8, 4) is 0 Å². The van der Waals surface area contributed by atoms with E-state index in [4.69, 9.17) is 5.73 Å². The number of piperidine rings is 2. The molecule has 2 heterocycles. The van der Waals surface area contributed by atoms with Crippen LogP contribution in [0.4, 0.5) is 0 Å². The minimum atomic E-state index is 0.405. The van der Waals surface area contributed by atoms with E-state index in [0.29, 0.717) is 6.04 Å². The summed E-state index contributed by atoms with van der Waals surface area (Å²) in [4.78, 5) is 2.79. The van der Waals surface area contributed by atoms with E-state index in [1.165, 1.54) is 42.1 Å². The first-order chi connectivity index (χ1) is 9.74. The molecule has 4 bridgehead atoms. The van der Waals surface area contributed by atoms with Crippen molar-refractivity contribution in [1.82, 2.24) is 4.90 Å². The van der Waals surface area contributed by atoms with Crippen molar-refractivity contribution in [2.24, 2.45) is 17.6 Å². The quantitative estimate of drug-likeness (QED) is 0.912. The molecule has 2 N–H and O–H groups in total. The van der Waals surface area contributed by atoms with Crippen molar-refractivity contribution in [2.75, 3.05) is 6.54 Å². The lowest BCUT2D eigenvalue weighted by atomic mass is 9.63. The van der Waals surface area contributed by atoms with E-state index in [9.17, 15) is 0 Å². The van der Waals surface area contributed by atoms with Crippen molar-refractivity contribution in [2.45, 2.75) is 50.2 Å². The molecular formula is C17H23BrN2. The van der Waals surface area contributed by atoms with Gasteiger partial charge in [0.15, 0.2) is 0 Å². The van der Waals surface area contributed by atoms with Crippen molar-refractivity contribution < 1.29 is 0 Å². The number of benzene rings is 1. The van der Waals surface area contributed by atoms with Crippen molar-refractivity contribution in [3.05, 3.63) is 34.3 Å². The maximum atomic E-state index is 6.18. The second kappa shape index (κ2) is 5.11. The Labute approximate surface area is 129 Å². The fourth-order valence-electron chi connectivity index (χ4n) is 5.22. The molecule has 2 aliphatic heterocycles. The summed E-state index contributed by atoms with van der Waals surface area (Å²) in [5, 5.41) is 0. The predicted octanol–water partition coefficient (Wildman–Crippen LogP) is 3.71. The first-order valence-corrected chi connectivity index (χ1v) is 8.77. The summed E-state index contributed by atoms with van der Waals surface area (Å²) >= 11 is 3.60. The number of hydrogen-bond donors (Lipinski definition) is 1. The van der Waals surface area contributed by atoms with Gasteiger partial charge in [0.2, 0.25) is 0 Å². The summed E-state index contributed by atoms with van der Waals surface area (Å²) < 4.78 is 1.17. The highest BCUT2D eigenvalue weighted by molar-refractivity contribution is 9.10. The molecular weight excluding hydrogens is 312 g/mol. The molecule has 2 saturated heterocycles. The monoisotopic (exact) mass is 334 g/mol. The van der Waals surface area contributed by atoms with Gasteiger partial charge in [-0.05, 0) is 61.6 Å². The predicted molar refractivity (Wildman–Crippen MR) is 85.4 cm³/mol. The first kappa shape index (κ1) is 13.3. The van der Waals surface area contributed by atoms with Gasteiger partial charge in [0.1, 0.15) is 0 Å². The zero-order chi connectivity index (χ0) is 13.7. The van der Waals surface area contributed by atoms with Crippen LogP contribution in [0.2, 0.25) is 0 Å². The smallest absolute Gasteiger partial charge is 0.0476 e. The van der Waals surface area contributed by atoms with E-state index < -0.39 is 0 Å². The molecule has 2 nitrogen and oxygen atoms in total. The van der Waals surface area contributed by atoms with Crippen molar-refractivity contribution in [1.29, 1.82) is 0 Å². The van der Waals surface area contributed by atoms with Gasteiger partial charge >= 0.3 is 0 Å². The van der Waals surface area contributed by atoms with Crippen LogP contribution < -0.4 is 5.73 Å². The molecule has 1 unspecified atom stereocenters. The minimum Gasteiger partial charge on any atom is -0.329 e. The zero-order valence-electron chi connectivity index (χ0n) is 11.8. The summed E-state index contributed by atoms with van der Waals surface area (Å²) in [6.45, 7) is 0.735. The van der Waals surface area contributed by atoms with Gasteiger partial charge in [0.05, 0.1) is 0 Å². The van der Waals surface area contributed by atoms with Crippen LogP contribution in [-0.4, -0.2) is 23.5 Å². The Kier molecular flexibility index (Phi) is 3.40. The third-order valence-electron chi connectivity index (χ3n) is 5.75. The third-order valence-corrected chi connectivity index (χ3v) is 6.24. The third kappa shape index (κ3) is 2.15. The molecule has 108 valence electrons. The Morgan fingerprint density at radius 3 is 2.30 bits per heavy atom. The number of nitrogens with two attached hydrogens (primary N) is 1. The summed E-state index contributed by atoms with van der Waals surface area (Å²) in [6.07, 6.45) is 7.16. The van der Waals surface area contributed by atoms with Crippen LogP contribution in [0.5, 0.6) is 0 Å². The molecule has 0 amide bonds. The van der Waals surface area contributed by atoms with E-state index in [0.717, 1.165) is 30.5 Å². The first-order valence-electron chi connectivity index (χ1n) is 7.97. The minimum absolute atomic E-state index is 0.405. The second-order valence-corrected chi connectivity index (χ2v) is 7.89. The Bertz CT molecular complexity index is 474. The van der Waals surface area contributed by atoms with E-state index in [2.05, 4.69) is 45.1 Å². The molecule has 1 aromatic rings. The van der Waals surface area contributed by atoms with Crippen LogP contribution in [0, 0.1) is 11.8 Å². The van der Waals surface area contributed by atoms with E-state index in [1.54, 1.807) is 0 Å². The topological polar surface area (TPSA) is 29.3 Å². The van der Waals surface area contributed by atoms with Gasteiger partial charge < -0.3 is 5.73 Å². The van der Waals surface area contributed by atoms with Gasteiger partial charge in [0, 0.05) is 29.1 Å². The molecule has 2 aliphatic carbocycles. The lowest BCUT2D eigenvalue weighted by Crippen LogP contribution is -2.59. The van der Waals surface area contributed by atoms with Crippen molar-refractivity contribution >= 4 is 15.9 Å². The summed E-state index contributed by atoms with van der Waals surface area (Å²) in [6, 6.07) is 10.7. The normalized spacial score (nSPS) is 37.3. The molecule has 1 aromatic carbocycles. The van der Waals surface area contributed by atoms with Gasteiger partial charge in [-0.25, -0.2) is 0 Å². The molecule has 4 aliphatic rings. The number of rotatable bonds is 3. The Balaban J connectivity index is 1.65. The van der Waals surface area contributed by atoms with E-state index in [-0.39, 0.29) is 0 Å². The summed E-state index contributed by atoms with van der Waals surface area (Å²) in [7, 11) is 0. The van der Waals surface area contributed by atoms with Crippen LogP contribution in [0.15, 0.2) is 28.7 Å². The lowest BCUT2D eigenvalue weighted by molar-refractivity contribution is -0.0814. The van der Waals surface area contributed by atoms with E-state index >= 15 is 0 Å². The molecule has 0 aromatic heterocycles. The fourth-order valence-corrected chi connectivity index (χ4v) is 5.64. The van der Waals surface area contributed by atoms with Gasteiger partial charge in [-0.15, -0.1) is 0 Å². The fraction of sp³-hybridized carbons (Fsp3) is 0.647. The maximum Gasteiger partial charge on any atom is 0.0476 e. The zero-order valence-corrected chi connectivity index (χ0v) is 13.4. The van der Waals surface area contributed by atoms with Gasteiger partial charge in [0.25, 0.3) is 0 Å². The molecule has 2 saturated carbocycles. The summed E-state index contributed by atoms with van der Waals surface area (Å²) in [5.41, 5.74) is 7.56. The average molecular weight is 335 g/mol. The number of halogens is 1. The highest BCUT2D eigenvalue weighted by Gasteiger charge is 2.48. The van der Waals surface area contributed by atoms with Crippen LogP contribution >= 0.6 is 15.9 Å². The molecule has 4 fully saturated rings. The standard InChI is InChI=1S/C17H23BrN2/c18-14-3-1-2-13(9-14)17(10-19)20-15-5-11-4-12(7-15)8-16(20)6-11/h1-3,9,11-12,15-17H,4-8,10,19H2. The Morgan fingerprint density at radius 1 is 1.10 bits per heavy atom. The molecule has 0 radical (unpaired) electrons. The second-order valence-electron chi connectivity index (χ2n) is 6.97. The Morgan fingerprint density at radius 2 is 1.75 bits per heavy atom. The van der Waals surface area contributed by atoms with Gasteiger partial charge in [-0.1, -0.05) is 28.1 Å². The Hall–Kier alpha value is -0.380. The largest absolute Gasteiger partial charge is 0.329 e. The lowest BCUT2D eigenvalue weighted by Gasteiger charge is -2.58. The van der Waals surface area contributed by atoms with Crippen molar-refractivity contribution in [3.63, 3.8) is 0 Å². The van der Waals surface area contributed by atoms with Crippen LogP contribution in [0.3, 0.4) is 0 Å². The highest BCUT2D eigenvalue weighted by atomic mass is 79.9. The molecule has 3 heteroatoms. The van der Waals surface area contributed by atoms with Crippen LogP contribution in [0.1, 0.15) is 43.7 Å². The van der Waals surface area contributed by atoms with Gasteiger partial charge in [-0.3, -0.25) is 4.90 Å². The van der Waals surface area contributed by atoms with Crippen LogP contribution in [0.25, 0.3) is 0 Å². The molecule has 0 spiro atoms. The number of hydrogen-bond acceptors (Lipinski definition) is 2.